The van der Waals surface area contributed by atoms with E-state index in [1.807, 2.05) is 11.3 Å². The average molecular weight is 400 g/mol. The first-order valence-corrected chi connectivity index (χ1v) is 11.9. The van der Waals surface area contributed by atoms with Crippen LogP contribution in [-0.2, 0) is 6.42 Å². The summed E-state index contributed by atoms with van der Waals surface area (Å²) in [6.07, 6.45) is 7.93. The van der Waals surface area contributed by atoms with Crippen molar-refractivity contribution in [3.8, 4) is 0 Å². The molecule has 0 spiro atoms. The molecule has 1 saturated carbocycles. The van der Waals surface area contributed by atoms with Crippen molar-refractivity contribution in [1.29, 1.82) is 0 Å². The van der Waals surface area contributed by atoms with E-state index in [0.29, 0.717) is 0 Å². The fourth-order valence-corrected chi connectivity index (χ4v) is 6.54. The van der Waals surface area contributed by atoms with E-state index < -0.39 is 0 Å². The monoisotopic (exact) mass is 399 g/mol. The van der Waals surface area contributed by atoms with E-state index in [4.69, 9.17) is 0 Å². The predicted octanol–water partition coefficient (Wildman–Crippen LogP) is 8.43. The summed E-state index contributed by atoms with van der Waals surface area (Å²) in [4.78, 5) is 2.39. The molecule has 0 saturated heterocycles. The van der Waals surface area contributed by atoms with Crippen molar-refractivity contribution in [3.05, 3.63) is 71.8 Å². The van der Waals surface area contributed by atoms with Crippen molar-refractivity contribution in [3.63, 3.8) is 0 Å². The van der Waals surface area contributed by atoms with Gasteiger partial charge in [0.25, 0.3) is 0 Å². The van der Waals surface area contributed by atoms with Crippen molar-refractivity contribution in [2.45, 2.75) is 51.4 Å². The molecule has 1 aliphatic rings. The number of para-hydroxylation sites is 1. The number of nitrogens with zero attached hydrogens (tertiary/aromatic N) is 1. The van der Waals surface area contributed by atoms with Crippen LogP contribution in [0.3, 0.4) is 0 Å². The molecule has 1 heterocycles. The molecule has 0 amide bonds. The summed E-state index contributed by atoms with van der Waals surface area (Å²) in [5.41, 5.74) is 5.62. The highest BCUT2D eigenvalue weighted by atomic mass is 32.1. The van der Waals surface area contributed by atoms with Gasteiger partial charge >= 0.3 is 0 Å². The SMILES string of the molecule is CCc1ccccc1N(C)c1cccc2c1sc1c(C3CCCCC3)cccc12. The molecule has 0 radical (unpaired) electrons. The van der Waals surface area contributed by atoms with E-state index in [9.17, 15) is 0 Å². The average Bonchev–Trinajstić information content (AvgIpc) is 3.18. The predicted molar refractivity (Wildman–Crippen MR) is 129 cm³/mol. The first kappa shape index (κ1) is 18.7. The van der Waals surface area contributed by atoms with Crippen LogP contribution in [0.15, 0.2) is 60.7 Å². The summed E-state index contributed by atoms with van der Waals surface area (Å²) in [5.74, 6) is 0.738. The van der Waals surface area contributed by atoms with Crippen molar-refractivity contribution in [2.24, 2.45) is 0 Å². The van der Waals surface area contributed by atoms with Gasteiger partial charge in [0.15, 0.2) is 0 Å². The molecule has 1 fully saturated rings. The quantitative estimate of drug-likeness (QED) is 0.333. The van der Waals surface area contributed by atoms with Crippen LogP contribution in [-0.4, -0.2) is 7.05 Å². The summed E-state index contributed by atoms with van der Waals surface area (Å²) in [6, 6.07) is 22.6. The minimum absolute atomic E-state index is 0.738. The minimum atomic E-state index is 0.738. The summed E-state index contributed by atoms with van der Waals surface area (Å²) in [7, 11) is 2.22. The fraction of sp³-hybridized carbons (Fsp3) is 0.333. The largest absolute Gasteiger partial charge is 0.343 e. The first-order valence-electron chi connectivity index (χ1n) is 11.0. The molecule has 5 rings (SSSR count). The van der Waals surface area contributed by atoms with Crippen LogP contribution in [0, 0.1) is 0 Å². The molecule has 0 bridgehead atoms. The molecule has 1 aliphatic carbocycles. The topological polar surface area (TPSA) is 3.24 Å². The van der Waals surface area contributed by atoms with Crippen LogP contribution in [0.5, 0.6) is 0 Å². The van der Waals surface area contributed by atoms with Crippen LogP contribution < -0.4 is 4.90 Å². The third-order valence-corrected chi connectivity index (χ3v) is 7.97. The Bertz CT molecular complexity index is 1150. The highest BCUT2D eigenvalue weighted by Crippen LogP contribution is 2.45. The lowest BCUT2D eigenvalue weighted by molar-refractivity contribution is 0.446. The number of hydrogen-bond acceptors (Lipinski definition) is 2. The van der Waals surface area contributed by atoms with E-state index in [1.165, 1.54) is 69.2 Å². The third-order valence-electron chi connectivity index (χ3n) is 6.67. The van der Waals surface area contributed by atoms with Gasteiger partial charge in [0.1, 0.15) is 0 Å². The number of fused-ring (bicyclic) bond motifs is 3. The Hall–Kier alpha value is -2.32. The number of benzene rings is 3. The van der Waals surface area contributed by atoms with E-state index in [2.05, 4.69) is 79.5 Å². The molecular formula is C27H29NS. The second kappa shape index (κ2) is 7.84. The van der Waals surface area contributed by atoms with Gasteiger partial charge < -0.3 is 4.90 Å². The molecule has 148 valence electrons. The van der Waals surface area contributed by atoms with Gasteiger partial charge in [0, 0.05) is 28.2 Å². The van der Waals surface area contributed by atoms with Crippen molar-refractivity contribution < 1.29 is 0 Å². The van der Waals surface area contributed by atoms with Gasteiger partial charge in [0.05, 0.1) is 10.4 Å². The number of rotatable bonds is 4. The maximum absolute atomic E-state index is 2.39. The molecule has 4 aromatic rings. The maximum atomic E-state index is 2.39. The summed E-state index contributed by atoms with van der Waals surface area (Å²) in [5, 5.41) is 2.84. The van der Waals surface area contributed by atoms with Gasteiger partial charge in [-0.2, -0.15) is 0 Å². The van der Waals surface area contributed by atoms with E-state index in [1.54, 1.807) is 5.56 Å². The number of anilines is 2. The van der Waals surface area contributed by atoms with E-state index >= 15 is 0 Å². The van der Waals surface area contributed by atoms with Crippen LogP contribution in [0.25, 0.3) is 20.2 Å². The Morgan fingerprint density at radius 2 is 1.48 bits per heavy atom. The number of hydrogen-bond donors (Lipinski definition) is 0. The molecule has 0 atom stereocenters. The molecule has 0 N–H and O–H groups in total. The smallest absolute Gasteiger partial charge is 0.0592 e. The lowest BCUT2D eigenvalue weighted by atomic mass is 9.84. The zero-order valence-corrected chi connectivity index (χ0v) is 18.3. The second-order valence-electron chi connectivity index (χ2n) is 8.36. The molecule has 0 aliphatic heterocycles. The van der Waals surface area contributed by atoms with Crippen molar-refractivity contribution in [1.82, 2.24) is 0 Å². The third kappa shape index (κ3) is 3.24. The Labute approximate surface area is 178 Å². The molecular weight excluding hydrogens is 370 g/mol. The fourth-order valence-electron chi connectivity index (χ4n) is 5.09. The van der Waals surface area contributed by atoms with Crippen LogP contribution in [0.1, 0.15) is 56.1 Å². The first-order chi connectivity index (χ1) is 14.3. The highest BCUT2D eigenvalue weighted by Gasteiger charge is 2.21. The van der Waals surface area contributed by atoms with Gasteiger partial charge in [-0.25, -0.2) is 0 Å². The Kier molecular flexibility index (Phi) is 5.05. The van der Waals surface area contributed by atoms with Gasteiger partial charge in [-0.05, 0) is 48.4 Å². The Morgan fingerprint density at radius 1 is 0.793 bits per heavy atom. The molecule has 29 heavy (non-hydrogen) atoms. The highest BCUT2D eigenvalue weighted by molar-refractivity contribution is 7.26. The zero-order valence-electron chi connectivity index (χ0n) is 17.4. The summed E-state index contributed by atoms with van der Waals surface area (Å²) >= 11 is 2.00. The Balaban J connectivity index is 1.68. The van der Waals surface area contributed by atoms with E-state index in [0.717, 1.165) is 12.3 Å². The van der Waals surface area contributed by atoms with Gasteiger partial charge in [-0.15, -0.1) is 11.3 Å². The maximum Gasteiger partial charge on any atom is 0.0592 e. The second-order valence-corrected chi connectivity index (χ2v) is 9.38. The van der Waals surface area contributed by atoms with E-state index in [-0.39, 0.29) is 0 Å². The lowest BCUT2D eigenvalue weighted by Gasteiger charge is -2.23. The van der Waals surface area contributed by atoms with Crippen molar-refractivity contribution >= 4 is 42.9 Å². The van der Waals surface area contributed by atoms with Crippen LogP contribution in [0.2, 0.25) is 0 Å². The summed E-state index contributed by atoms with van der Waals surface area (Å²) < 4.78 is 2.93. The Morgan fingerprint density at radius 3 is 2.28 bits per heavy atom. The number of aryl methyl sites for hydroxylation is 1. The molecule has 3 aromatic carbocycles. The molecule has 2 heteroatoms. The molecule has 1 aromatic heterocycles. The van der Waals surface area contributed by atoms with Crippen molar-refractivity contribution in [2.75, 3.05) is 11.9 Å². The standard InChI is InChI=1S/C27H29NS/c1-3-19-11-7-8-17-24(19)28(2)25-18-10-16-23-22-15-9-14-21(26(22)29-27(23)25)20-12-5-4-6-13-20/h7-11,14-18,20H,3-6,12-13H2,1-2H3. The van der Waals surface area contributed by atoms with Gasteiger partial charge in [-0.1, -0.05) is 74.7 Å². The van der Waals surface area contributed by atoms with Gasteiger partial charge in [-0.3, -0.25) is 0 Å². The minimum Gasteiger partial charge on any atom is -0.343 e. The van der Waals surface area contributed by atoms with Crippen LogP contribution >= 0.6 is 11.3 Å². The normalized spacial score (nSPS) is 15.2. The van der Waals surface area contributed by atoms with Crippen LogP contribution in [0.4, 0.5) is 11.4 Å². The molecule has 1 nitrogen and oxygen atoms in total. The summed E-state index contributed by atoms with van der Waals surface area (Å²) in [6.45, 7) is 2.24. The lowest BCUT2D eigenvalue weighted by Crippen LogP contribution is -2.11. The zero-order chi connectivity index (χ0) is 19.8. The number of thiophene rings is 1. The molecule has 0 unspecified atom stereocenters. The van der Waals surface area contributed by atoms with Gasteiger partial charge in [0.2, 0.25) is 0 Å².